The summed E-state index contributed by atoms with van der Waals surface area (Å²) in [7, 11) is 0. The summed E-state index contributed by atoms with van der Waals surface area (Å²) in [6.07, 6.45) is 4.21. The molecule has 2 unspecified atom stereocenters. The van der Waals surface area contributed by atoms with Gasteiger partial charge in [-0.15, -0.1) is 0 Å². The molecule has 0 aromatic carbocycles. The molecule has 2 amide bonds. The molecule has 6 nitrogen and oxygen atoms in total. The van der Waals surface area contributed by atoms with Crippen LogP contribution in [0.25, 0.3) is 0 Å². The van der Waals surface area contributed by atoms with Crippen LogP contribution in [0, 0.1) is 5.92 Å². The number of aliphatic hydroxyl groups is 1. The number of amides is 2. The Morgan fingerprint density at radius 1 is 1.36 bits per heavy atom. The SMILES string of the molecule is CC(C)CCC(C)(O)CNC(=O)C(C)NC(=O)c1ccoc1. The van der Waals surface area contributed by atoms with Crippen molar-refractivity contribution in [2.75, 3.05) is 6.54 Å². The van der Waals surface area contributed by atoms with Gasteiger partial charge < -0.3 is 20.2 Å². The van der Waals surface area contributed by atoms with E-state index in [1.807, 2.05) is 0 Å². The van der Waals surface area contributed by atoms with Crippen LogP contribution in [0.1, 0.15) is 50.9 Å². The fourth-order valence-electron chi connectivity index (χ4n) is 1.86. The summed E-state index contributed by atoms with van der Waals surface area (Å²) >= 11 is 0. The van der Waals surface area contributed by atoms with Gasteiger partial charge in [-0.1, -0.05) is 13.8 Å². The Kier molecular flexibility index (Phi) is 6.61. The van der Waals surface area contributed by atoms with Crippen LogP contribution in [-0.4, -0.2) is 35.1 Å². The van der Waals surface area contributed by atoms with Crippen molar-refractivity contribution in [2.45, 2.75) is 52.2 Å². The van der Waals surface area contributed by atoms with E-state index in [9.17, 15) is 14.7 Å². The Hall–Kier alpha value is -1.82. The van der Waals surface area contributed by atoms with E-state index in [4.69, 9.17) is 4.42 Å². The zero-order valence-electron chi connectivity index (χ0n) is 13.7. The molecular formula is C16H26N2O4. The van der Waals surface area contributed by atoms with Crippen LogP contribution in [0.15, 0.2) is 23.0 Å². The Bertz CT molecular complexity index is 480. The van der Waals surface area contributed by atoms with Gasteiger partial charge in [-0.3, -0.25) is 9.59 Å². The van der Waals surface area contributed by atoms with Crippen LogP contribution in [0.2, 0.25) is 0 Å². The second-order valence-electron chi connectivity index (χ2n) is 6.35. The zero-order valence-corrected chi connectivity index (χ0v) is 13.7. The van der Waals surface area contributed by atoms with Crippen LogP contribution in [0.3, 0.4) is 0 Å². The summed E-state index contributed by atoms with van der Waals surface area (Å²) in [6, 6.07) is 0.833. The fourth-order valence-corrected chi connectivity index (χ4v) is 1.86. The molecule has 2 atom stereocenters. The highest BCUT2D eigenvalue weighted by molar-refractivity contribution is 5.97. The first-order chi connectivity index (χ1) is 10.2. The van der Waals surface area contributed by atoms with E-state index in [2.05, 4.69) is 24.5 Å². The minimum absolute atomic E-state index is 0.157. The standard InChI is InChI=1S/C16H26N2O4/c1-11(2)5-7-16(4,21)10-17-14(19)12(3)18-15(20)13-6-8-22-9-13/h6,8-9,11-12,21H,5,7,10H2,1-4H3,(H,17,19)(H,18,20). The first-order valence-electron chi connectivity index (χ1n) is 7.54. The van der Waals surface area contributed by atoms with Gasteiger partial charge in [0.2, 0.25) is 5.91 Å². The molecule has 0 radical (unpaired) electrons. The molecule has 0 aliphatic heterocycles. The van der Waals surface area contributed by atoms with Gasteiger partial charge in [-0.05, 0) is 38.7 Å². The highest BCUT2D eigenvalue weighted by Crippen LogP contribution is 2.15. The van der Waals surface area contributed by atoms with Crippen LogP contribution in [0.5, 0.6) is 0 Å². The maximum absolute atomic E-state index is 12.0. The molecule has 0 fully saturated rings. The smallest absolute Gasteiger partial charge is 0.255 e. The van der Waals surface area contributed by atoms with E-state index >= 15 is 0 Å². The Balaban J connectivity index is 2.39. The first kappa shape index (κ1) is 18.2. The molecule has 22 heavy (non-hydrogen) atoms. The number of hydrogen-bond acceptors (Lipinski definition) is 4. The number of furan rings is 1. The zero-order chi connectivity index (χ0) is 16.8. The lowest BCUT2D eigenvalue weighted by atomic mass is 9.95. The molecule has 0 aliphatic carbocycles. The molecule has 0 saturated heterocycles. The van der Waals surface area contributed by atoms with Crippen molar-refractivity contribution in [1.82, 2.24) is 10.6 Å². The fraction of sp³-hybridized carbons (Fsp3) is 0.625. The largest absolute Gasteiger partial charge is 0.472 e. The summed E-state index contributed by atoms with van der Waals surface area (Å²) in [5.41, 5.74) is -0.586. The van der Waals surface area contributed by atoms with Crippen molar-refractivity contribution < 1.29 is 19.1 Å². The molecule has 0 bridgehead atoms. The van der Waals surface area contributed by atoms with Gasteiger partial charge in [-0.2, -0.15) is 0 Å². The number of rotatable bonds is 8. The third-order valence-electron chi connectivity index (χ3n) is 3.43. The number of nitrogens with one attached hydrogen (secondary N) is 2. The summed E-state index contributed by atoms with van der Waals surface area (Å²) in [5.74, 6) is -0.208. The quantitative estimate of drug-likeness (QED) is 0.681. The predicted molar refractivity (Wildman–Crippen MR) is 83.3 cm³/mol. The summed E-state index contributed by atoms with van der Waals surface area (Å²) in [6.45, 7) is 7.62. The lowest BCUT2D eigenvalue weighted by Crippen LogP contribution is -2.49. The van der Waals surface area contributed by atoms with E-state index < -0.39 is 11.6 Å². The molecular weight excluding hydrogens is 284 g/mol. The van der Waals surface area contributed by atoms with Gasteiger partial charge in [-0.25, -0.2) is 0 Å². The lowest BCUT2D eigenvalue weighted by Gasteiger charge is -2.25. The molecule has 0 spiro atoms. The first-order valence-corrected chi connectivity index (χ1v) is 7.54. The highest BCUT2D eigenvalue weighted by atomic mass is 16.3. The van der Waals surface area contributed by atoms with E-state index in [0.717, 1.165) is 6.42 Å². The second-order valence-corrected chi connectivity index (χ2v) is 6.35. The molecule has 3 N–H and O–H groups in total. The van der Waals surface area contributed by atoms with Crippen LogP contribution in [0.4, 0.5) is 0 Å². The van der Waals surface area contributed by atoms with Crippen molar-refractivity contribution in [3.63, 3.8) is 0 Å². The average Bonchev–Trinajstić information content (AvgIpc) is 2.97. The molecule has 6 heteroatoms. The third kappa shape index (κ3) is 6.30. The number of carbonyl (C=O) groups excluding carboxylic acids is 2. The van der Waals surface area contributed by atoms with Gasteiger partial charge >= 0.3 is 0 Å². The summed E-state index contributed by atoms with van der Waals surface area (Å²) in [5, 5.41) is 15.5. The van der Waals surface area contributed by atoms with E-state index in [1.54, 1.807) is 13.8 Å². The topological polar surface area (TPSA) is 91.6 Å². The van der Waals surface area contributed by atoms with Gasteiger partial charge in [0, 0.05) is 6.54 Å². The van der Waals surface area contributed by atoms with Crippen LogP contribution >= 0.6 is 0 Å². The van der Waals surface area contributed by atoms with Crippen LogP contribution < -0.4 is 10.6 Å². The van der Waals surface area contributed by atoms with Gasteiger partial charge in [0.25, 0.3) is 5.91 Å². The van der Waals surface area contributed by atoms with Crippen LogP contribution in [-0.2, 0) is 4.79 Å². The molecule has 1 aromatic rings. The number of carbonyl (C=O) groups is 2. The molecule has 124 valence electrons. The van der Waals surface area contributed by atoms with Gasteiger partial charge in [0.15, 0.2) is 0 Å². The van der Waals surface area contributed by atoms with Crippen molar-refractivity contribution in [3.05, 3.63) is 24.2 Å². The maximum atomic E-state index is 12.0. The molecule has 1 aromatic heterocycles. The summed E-state index contributed by atoms with van der Waals surface area (Å²) < 4.78 is 4.82. The molecule has 0 aliphatic rings. The maximum Gasteiger partial charge on any atom is 0.255 e. The van der Waals surface area contributed by atoms with Crippen molar-refractivity contribution >= 4 is 11.8 Å². The Labute approximate surface area is 131 Å². The second kappa shape index (κ2) is 7.98. The molecule has 1 rings (SSSR count). The van der Waals surface area contributed by atoms with E-state index in [1.165, 1.54) is 18.6 Å². The van der Waals surface area contributed by atoms with E-state index in [0.29, 0.717) is 17.9 Å². The van der Waals surface area contributed by atoms with Gasteiger partial charge in [0.05, 0.1) is 17.4 Å². The van der Waals surface area contributed by atoms with Gasteiger partial charge in [0.1, 0.15) is 12.3 Å². The molecule has 0 saturated carbocycles. The van der Waals surface area contributed by atoms with Crippen molar-refractivity contribution in [1.29, 1.82) is 0 Å². The Morgan fingerprint density at radius 2 is 2.05 bits per heavy atom. The summed E-state index contributed by atoms with van der Waals surface area (Å²) in [4.78, 5) is 23.8. The molecule has 1 heterocycles. The average molecular weight is 310 g/mol. The minimum atomic E-state index is -0.950. The number of hydrogen-bond donors (Lipinski definition) is 3. The van der Waals surface area contributed by atoms with E-state index in [-0.39, 0.29) is 18.4 Å². The monoisotopic (exact) mass is 310 g/mol. The normalized spacial score (nSPS) is 15.2. The third-order valence-corrected chi connectivity index (χ3v) is 3.43. The van der Waals surface area contributed by atoms with Crippen molar-refractivity contribution in [2.24, 2.45) is 5.92 Å². The Morgan fingerprint density at radius 3 is 2.59 bits per heavy atom. The highest BCUT2D eigenvalue weighted by Gasteiger charge is 2.23. The minimum Gasteiger partial charge on any atom is -0.472 e. The predicted octanol–water partition coefficient (Wildman–Crippen LogP) is 1.70. The lowest BCUT2D eigenvalue weighted by molar-refractivity contribution is -0.123. The van der Waals surface area contributed by atoms with Crippen molar-refractivity contribution in [3.8, 4) is 0 Å².